The third kappa shape index (κ3) is 10.4. The normalized spacial score (nSPS) is 10.2. The molecule has 0 aliphatic heterocycles. The highest BCUT2D eigenvalue weighted by atomic mass is 35.5. The van der Waals surface area contributed by atoms with E-state index in [0.717, 1.165) is 0 Å². The summed E-state index contributed by atoms with van der Waals surface area (Å²) in [6.45, 7) is 2.85. The molecule has 1 amide bonds. The van der Waals surface area contributed by atoms with E-state index in [1.54, 1.807) is 7.11 Å². The van der Waals surface area contributed by atoms with E-state index in [1.807, 2.05) is 6.92 Å². The molecule has 4 nitrogen and oxygen atoms in total. The fourth-order valence-corrected chi connectivity index (χ4v) is 1.24. The van der Waals surface area contributed by atoms with E-state index in [9.17, 15) is 13.6 Å². The maximum absolute atomic E-state index is 12.2. The van der Waals surface area contributed by atoms with E-state index in [2.05, 4.69) is 5.32 Å². The van der Waals surface area contributed by atoms with Crippen molar-refractivity contribution in [3.05, 3.63) is 0 Å². The standard InChI is InChI=1S/C10H20F2N2O2.ClH/c1-3-5-14(8-9(11)12)10(15)7-13-4-6-16-2;/h9,13H,3-8H2,1-2H3;1H. The first kappa shape index (κ1) is 18.9. The Hall–Kier alpha value is -0.460. The molecule has 0 aliphatic carbocycles. The zero-order valence-corrected chi connectivity index (χ0v) is 11.1. The van der Waals surface area contributed by atoms with E-state index in [0.29, 0.717) is 26.1 Å². The van der Waals surface area contributed by atoms with Gasteiger partial charge in [-0.1, -0.05) is 6.92 Å². The second kappa shape index (κ2) is 12.0. The van der Waals surface area contributed by atoms with Gasteiger partial charge in [0.25, 0.3) is 6.43 Å². The Labute approximate surface area is 107 Å². The Morgan fingerprint density at radius 1 is 1.47 bits per heavy atom. The van der Waals surface area contributed by atoms with Crippen LogP contribution in [0.4, 0.5) is 8.78 Å². The molecule has 0 aliphatic rings. The molecule has 104 valence electrons. The molecule has 0 heterocycles. The zero-order chi connectivity index (χ0) is 12.4. The first-order valence-corrected chi connectivity index (χ1v) is 5.37. The average Bonchev–Trinajstić information content (AvgIpc) is 2.23. The van der Waals surface area contributed by atoms with Gasteiger partial charge in [0.2, 0.25) is 5.91 Å². The lowest BCUT2D eigenvalue weighted by molar-refractivity contribution is -0.132. The number of carbonyl (C=O) groups excluding carboxylic acids is 1. The number of carbonyl (C=O) groups is 1. The van der Waals surface area contributed by atoms with Crippen molar-refractivity contribution in [1.82, 2.24) is 10.2 Å². The summed E-state index contributed by atoms with van der Waals surface area (Å²) in [6, 6.07) is 0. The Morgan fingerprint density at radius 2 is 2.12 bits per heavy atom. The second-order valence-electron chi connectivity index (χ2n) is 3.40. The first-order chi connectivity index (χ1) is 7.61. The van der Waals surface area contributed by atoms with Crippen LogP contribution in [-0.2, 0) is 9.53 Å². The van der Waals surface area contributed by atoms with E-state index < -0.39 is 13.0 Å². The number of rotatable bonds is 9. The first-order valence-electron chi connectivity index (χ1n) is 5.37. The lowest BCUT2D eigenvalue weighted by Gasteiger charge is -2.21. The third-order valence-electron chi connectivity index (χ3n) is 1.96. The Morgan fingerprint density at radius 3 is 2.59 bits per heavy atom. The third-order valence-corrected chi connectivity index (χ3v) is 1.96. The van der Waals surface area contributed by atoms with Gasteiger partial charge < -0.3 is 15.0 Å². The van der Waals surface area contributed by atoms with Crippen molar-refractivity contribution in [2.75, 3.05) is 39.9 Å². The number of amides is 1. The lowest BCUT2D eigenvalue weighted by atomic mass is 10.3. The molecule has 0 atom stereocenters. The summed E-state index contributed by atoms with van der Waals surface area (Å²) in [5.41, 5.74) is 0. The molecule has 0 rings (SSSR count). The van der Waals surface area contributed by atoms with Gasteiger partial charge in [0, 0.05) is 20.2 Å². The van der Waals surface area contributed by atoms with Crippen molar-refractivity contribution in [3.63, 3.8) is 0 Å². The van der Waals surface area contributed by atoms with Crippen LogP contribution >= 0.6 is 12.4 Å². The van der Waals surface area contributed by atoms with Gasteiger partial charge in [-0.25, -0.2) is 8.78 Å². The molecule has 1 N–H and O–H groups in total. The van der Waals surface area contributed by atoms with Crippen LogP contribution in [0.3, 0.4) is 0 Å². The summed E-state index contributed by atoms with van der Waals surface area (Å²) in [5, 5.41) is 2.84. The summed E-state index contributed by atoms with van der Waals surface area (Å²) < 4.78 is 29.1. The monoisotopic (exact) mass is 274 g/mol. The number of nitrogens with one attached hydrogen (secondary N) is 1. The summed E-state index contributed by atoms with van der Waals surface area (Å²) >= 11 is 0. The highest BCUT2D eigenvalue weighted by Gasteiger charge is 2.16. The molecular formula is C10H21ClF2N2O2. The minimum Gasteiger partial charge on any atom is -0.383 e. The van der Waals surface area contributed by atoms with Crippen LogP contribution in [0.5, 0.6) is 0 Å². The lowest BCUT2D eigenvalue weighted by Crippen LogP contribution is -2.41. The Kier molecular flexibility index (Phi) is 13.3. The summed E-state index contributed by atoms with van der Waals surface area (Å²) in [5.74, 6) is -0.293. The van der Waals surface area contributed by atoms with E-state index >= 15 is 0 Å². The summed E-state index contributed by atoms with van der Waals surface area (Å²) in [6.07, 6.45) is -1.80. The predicted molar refractivity (Wildman–Crippen MR) is 64.9 cm³/mol. The van der Waals surface area contributed by atoms with Crippen LogP contribution in [0.15, 0.2) is 0 Å². The molecule has 0 saturated heterocycles. The second-order valence-corrected chi connectivity index (χ2v) is 3.40. The van der Waals surface area contributed by atoms with Gasteiger partial charge >= 0.3 is 0 Å². The van der Waals surface area contributed by atoms with E-state index in [1.165, 1.54) is 4.90 Å². The smallest absolute Gasteiger partial charge is 0.255 e. The van der Waals surface area contributed by atoms with E-state index in [-0.39, 0.29) is 24.9 Å². The van der Waals surface area contributed by atoms with Crippen LogP contribution in [0.1, 0.15) is 13.3 Å². The minimum absolute atomic E-state index is 0. The quantitative estimate of drug-likeness (QED) is 0.642. The van der Waals surface area contributed by atoms with Gasteiger partial charge in [-0.3, -0.25) is 4.79 Å². The van der Waals surface area contributed by atoms with Gasteiger partial charge in [0.05, 0.1) is 19.7 Å². The Balaban J connectivity index is 0. The highest BCUT2D eigenvalue weighted by molar-refractivity contribution is 5.85. The van der Waals surface area contributed by atoms with Crippen LogP contribution in [0.25, 0.3) is 0 Å². The maximum atomic E-state index is 12.2. The van der Waals surface area contributed by atoms with Crippen LogP contribution in [-0.4, -0.2) is 57.1 Å². The van der Waals surface area contributed by atoms with Crippen molar-refractivity contribution >= 4 is 18.3 Å². The molecule has 0 aromatic rings. The van der Waals surface area contributed by atoms with Gasteiger partial charge in [0.15, 0.2) is 0 Å². The van der Waals surface area contributed by atoms with Crippen molar-refractivity contribution in [1.29, 1.82) is 0 Å². The summed E-state index contributed by atoms with van der Waals surface area (Å²) in [4.78, 5) is 12.7. The predicted octanol–water partition coefficient (Wildman–Crippen LogP) is 1.15. The number of ether oxygens (including phenoxy) is 1. The zero-order valence-electron chi connectivity index (χ0n) is 10.2. The van der Waals surface area contributed by atoms with Crippen molar-refractivity contribution in [3.8, 4) is 0 Å². The molecule has 0 unspecified atom stereocenters. The van der Waals surface area contributed by atoms with Gasteiger partial charge in [0.1, 0.15) is 0 Å². The van der Waals surface area contributed by atoms with Gasteiger partial charge in [-0.15, -0.1) is 12.4 Å². The van der Waals surface area contributed by atoms with Crippen molar-refractivity contribution in [2.45, 2.75) is 19.8 Å². The molecule has 0 bridgehead atoms. The number of nitrogens with zero attached hydrogens (tertiary/aromatic N) is 1. The minimum atomic E-state index is -2.48. The molecule has 0 saturated carbocycles. The fourth-order valence-electron chi connectivity index (χ4n) is 1.24. The van der Waals surface area contributed by atoms with Crippen molar-refractivity contribution < 1.29 is 18.3 Å². The van der Waals surface area contributed by atoms with Crippen LogP contribution in [0.2, 0.25) is 0 Å². The number of methoxy groups -OCH3 is 1. The van der Waals surface area contributed by atoms with Gasteiger partial charge in [-0.05, 0) is 6.42 Å². The average molecular weight is 275 g/mol. The van der Waals surface area contributed by atoms with E-state index in [4.69, 9.17) is 4.74 Å². The van der Waals surface area contributed by atoms with Crippen molar-refractivity contribution in [2.24, 2.45) is 0 Å². The summed E-state index contributed by atoms with van der Waals surface area (Å²) in [7, 11) is 1.56. The molecule has 17 heavy (non-hydrogen) atoms. The SMILES string of the molecule is CCCN(CC(F)F)C(=O)CNCCOC.Cl. The van der Waals surface area contributed by atoms with Gasteiger partial charge in [-0.2, -0.15) is 0 Å². The number of hydrogen-bond acceptors (Lipinski definition) is 3. The largest absolute Gasteiger partial charge is 0.383 e. The van der Waals surface area contributed by atoms with Crippen LogP contribution < -0.4 is 5.32 Å². The molecule has 7 heteroatoms. The highest BCUT2D eigenvalue weighted by Crippen LogP contribution is 1.99. The molecule has 0 spiro atoms. The number of halogens is 3. The molecule has 0 aromatic carbocycles. The number of hydrogen-bond donors (Lipinski definition) is 1. The maximum Gasteiger partial charge on any atom is 0.255 e. The molecular weight excluding hydrogens is 254 g/mol. The molecule has 0 fully saturated rings. The fraction of sp³-hybridized carbons (Fsp3) is 0.900. The Bertz CT molecular complexity index is 197. The molecule has 0 radical (unpaired) electrons. The number of alkyl halides is 2. The van der Waals surface area contributed by atoms with Crippen LogP contribution in [0, 0.1) is 0 Å². The topological polar surface area (TPSA) is 41.6 Å². The molecule has 0 aromatic heterocycles.